The van der Waals surface area contributed by atoms with Crippen molar-refractivity contribution in [3.63, 3.8) is 0 Å². The number of ether oxygens (including phenoxy) is 1. The van der Waals surface area contributed by atoms with E-state index in [-0.39, 0.29) is 16.7 Å². The van der Waals surface area contributed by atoms with Gasteiger partial charge >= 0.3 is 0 Å². The number of nitro benzene ring substituents is 1. The van der Waals surface area contributed by atoms with E-state index in [1.54, 1.807) is 12.1 Å². The van der Waals surface area contributed by atoms with Crippen molar-refractivity contribution >= 4 is 5.69 Å². The average Bonchev–Trinajstić information content (AvgIpc) is 2.27. The van der Waals surface area contributed by atoms with Crippen LogP contribution in [0.1, 0.15) is 32.8 Å². The van der Waals surface area contributed by atoms with E-state index in [4.69, 9.17) is 10.00 Å². The van der Waals surface area contributed by atoms with E-state index >= 15 is 0 Å². The van der Waals surface area contributed by atoms with Gasteiger partial charge < -0.3 is 4.74 Å². The maximum absolute atomic E-state index is 10.8. The second-order valence-electron chi connectivity index (χ2n) is 5.21. The Kier molecular flexibility index (Phi) is 4.27. The second kappa shape index (κ2) is 5.50. The Balaban J connectivity index is 2.77. The van der Waals surface area contributed by atoms with Crippen molar-refractivity contribution in [3.05, 3.63) is 33.9 Å². The van der Waals surface area contributed by atoms with Gasteiger partial charge in [0.15, 0.2) is 0 Å². The third-order valence-corrected chi connectivity index (χ3v) is 2.41. The molecule has 5 nitrogen and oxygen atoms in total. The monoisotopic (exact) mass is 248 g/mol. The Morgan fingerprint density at radius 1 is 1.44 bits per heavy atom. The molecular weight excluding hydrogens is 232 g/mol. The number of rotatable bonds is 4. The fourth-order valence-electron chi connectivity index (χ4n) is 1.32. The molecule has 0 radical (unpaired) electrons. The van der Waals surface area contributed by atoms with E-state index in [0.717, 1.165) is 6.42 Å². The van der Waals surface area contributed by atoms with Crippen LogP contribution in [-0.2, 0) is 0 Å². The number of nitriles is 1. The molecule has 0 fully saturated rings. The first kappa shape index (κ1) is 14.0. The molecule has 5 heteroatoms. The van der Waals surface area contributed by atoms with Gasteiger partial charge in [0.2, 0.25) is 0 Å². The first-order chi connectivity index (χ1) is 8.33. The molecular formula is C13H16N2O3. The molecule has 0 unspecified atom stereocenters. The quantitative estimate of drug-likeness (QED) is 0.605. The molecule has 0 saturated carbocycles. The summed E-state index contributed by atoms with van der Waals surface area (Å²) in [6.45, 7) is 6.78. The molecule has 0 N–H and O–H groups in total. The summed E-state index contributed by atoms with van der Waals surface area (Å²) in [5.41, 5.74) is -0.0210. The maximum Gasteiger partial charge on any atom is 0.290 e. The lowest BCUT2D eigenvalue weighted by molar-refractivity contribution is -0.385. The molecule has 0 atom stereocenters. The normalized spacial score (nSPS) is 10.8. The first-order valence-electron chi connectivity index (χ1n) is 5.65. The summed E-state index contributed by atoms with van der Waals surface area (Å²) in [5, 5.41) is 19.5. The predicted molar refractivity (Wildman–Crippen MR) is 67.4 cm³/mol. The summed E-state index contributed by atoms with van der Waals surface area (Å²) < 4.78 is 5.46. The van der Waals surface area contributed by atoms with Crippen LogP contribution in [0.4, 0.5) is 5.69 Å². The van der Waals surface area contributed by atoms with Gasteiger partial charge in [-0.25, -0.2) is 0 Å². The van der Waals surface area contributed by atoms with Crippen LogP contribution in [0.15, 0.2) is 18.2 Å². The van der Waals surface area contributed by atoms with Crippen molar-refractivity contribution in [3.8, 4) is 11.8 Å². The van der Waals surface area contributed by atoms with Gasteiger partial charge in [-0.1, -0.05) is 20.8 Å². The van der Waals surface area contributed by atoms with Crippen LogP contribution in [-0.4, -0.2) is 11.5 Å². The minimum Gasteiger partial charge on any atom is -0.493 e. The first-order valence-corrected chi connectivity index (χ1v) is 5.65. The minimum atomic E-state index is -0.574. The highest BCUT2D eigenvalue weighted by Gasteiger charge is 2.15. The number of nitro groups is 1. The van der Waals surface area contributed by atoms with Crippen LogP contribution in [0.25, 0.3) is 0 Å². The lowest BCUT2D eigenvalue weighted by Gasteiger charge is -2.18. The fourth-order valence-corrected chi connectivity index (χ4v) is 1.32. The average molecular weight is 248 g/mol. The van der Waals surface area contributed by atoms with E-state index in [2.05, 4.69) is 20.8 Å². The van der Waals surface area contributed by atoms with Gasteiger partial charge in [-0.05, 0) is 24.0 Å². The van der Waals surface area contributed by atoms with E-state index in [1.807, 2.05) is 0 Å². The van der Waals surface area contributed by atoms with Crippen LogP contribution >= 0.6 is 0 Å². The van der Waals surface area contributed by atoms with E-state index in [1.165, 1.54) is 12.1 Å². The molecule has 0 saturated heterocycles. The highest BCUT2D eigenvalue weighted by Crippen LogP contribution is 2.25. The summed E-state index contributed by atoms with van der Waals surface area (Å²) in [6.07, 6.45) is 0.848. The number of benzene rings is 1. The Bertz CT molecular complexity index is 484. The molecule has 18 heavy (non-hydrogen) atoms. The molecule has 0 aliphatic rings. The van der Waals surface area contributed by atoms with Crippen LogP contribution < -0.4 is 4.74 Å². The Morgan fingerprint density at radius 2 is 2.11 bits per heavy atom. The topological polar surface area (TPSA) is 76.2 Å². The highest BCUT2D eigenvalue weighted by atomic mass is 16.6. The smallest absolute Gasteiger partial charge is 0.290 e. The van der Waals surface area contributed by atoms with Crippen molar-refractivity contribution in [2.75, 3.05) is 6.61 Å². The zero-order valence-corrected chi connectivity index (χ0v) is 10.8. The van der Waals surface area contributed by atoms with Crippen molar-refractivity contribution in [2.24, 2.45) is 5.41 Å². The van der Waals surface area contributed by atoms with Gasteiger partial charge in [-0.15, -0.1) is 0 Å². The molecule has 0 aliphatic heterocycles. The van der Waals surface area contributed by atoms with Crippen molar-refractivity contribution in [1.29, 1.82) is 5.26 Å². The van der Waals surface area contributed by atoms with Crippen LogP contribution in [0.5, 0.6) is 5.75 Å². The highest BCUT2D eigenvalue weighted by molar-refractivity contribution is 5.52. The van der Waals surface area contributed by atoms with Crippen LogP contribution in [0, 0.1) is 26.9 Å². The van der Waals surface area contributed by atoms with Crippen molar-refractivity contribution in [1.82, 2.24) is 0 Å². The molecule has 1 rings (SSSR count). The van der Waals surface area contributed by atoms with Gasteiger partial charge in [-0.2, -0.15) is 5.26 Å². The molecule has 0 aliphatic carbocycles. The maximum atomic E-state index is 10.8. The zero-order valence-electron chi connectivity index (χ0n) is 10.8. The lowest BCUT2D eigenvalue weighted by atomic mass is 9.93. The fraction of sp³-hybridized carbons (Fsp3) is 0.462. The number of hydrogen-bond donors (Lipinski definition) is 0. The summed E-state index contributed by atoms with van der Waals surface area (Å²) in [5.74, 6) is 0.421. The predicted octanol–water partition coefficient (Wildman–Crippen LogP) is 3.28. The molecule has 0 spiro atoms. The molecule has 0 heterocycles. The van der Waals surface area contributed by atoms with Crippen molar-refractivity contribution < 1.29 is 9.66 Å². The third kappa shape index (κ3) is 4.06. The van der Waals surface area contributed by atoms with Gasteiger partial charge in [0, 0.05) is 0 Å². The second-order valence-corrected chi connectivity index (χ2v) is 5.21. The van der Waals surface area contributed by atoms with E-state index in [9.17, 15) is 10.1 Å². The molecule has 0 aromatic heterocycles. The zero-order chi connectivity index (χ0) is 13.8. The summed E-state index contributed by atoms with van der Waals surface area (Å²) in [7, 11) is 0. The van der Waals surface area contributed by atoms with E-state index < -0.39 is 4.92 Å². The van der Waals surface area contributed by atoms with Crippen molar-refractivity contribution in [2.45, 2.75) is 27.2 Å². The van der Waals surface area contributed by atoms with Gasteiger partial charge in [0.05, 0.1) is 17.6 Å². The largest absolute Gasteiger partial charge is 0.493 e. The standard InChI is InChI=1S/C13H16N2O3/c1-13(2,3)6-7-18-11-5-4-10(9-14)12(8-11)15(16)17/h4-5,8H,6-7H2,1-3H3. The summed E-state index contributed by atoms with van der Waals surface area (Å²) in [6, 6.07) is 6.07. The van der Waals surface area contributed by atoms with Gasteiger partial charge in [-0.3, -0.25) is 10.1 Å². The molecule has 1 aromatic carbocycles. The molecule has 0 bridgehead atoms. The minimum absolute atomic E-state index is 0.0446. The molecule has 0 amide bonds. The number of hydrogen-bond acceptors (Lipinski definition) is 4. The van der Waals surface area contributed by atoms with E-state index in [0.29, 0.717) is 12.4 Å². The van der Waals surface area contributed by atoms with Gasteiger partial charge in [0.25, 0.3) is 5.69 Å². The Labute approximate surface area is 106 Å². The molecule has 96 valence electrons. The SMILES string of the molecule is CC(C)(C)CCOc1ccc(C#N)c([N+](=O)[O-])c1. The Hall–Kier alpha value is -2.09. The lowest BCUT2D eigenvalue weighted by Crippen LogP contribution is -2.11. The van der Waals surface area contributed by atoms with Gasteiger partial charge in [0.1, 0.15) is 17.4 Å². The Morgan fingerprint density at radius 3 is 2.61 bits per heavy atom. The van der Waals surface area contributed by atoms with Crippen LogP contribution in [0.3, 0.4) is 0 Å². The van der Waals surface area contributed by atoms with Crippen LogP contribution in [0.2, 0.25) is 0 Å². The molecule has 1 aromatic rings. The summed E-state index contributed by atoms with van der Waals surface area (Å²) >= 11 is 0. The third-order valence-electron chi connectivity index (χ3n) is 2.41. The summed E-state index contributed by atoms with van der Waals surface area (Å²) in [4.78, 5) is 10.2. The number of nitrogens with zero attached hydrogens (tertiary/aromatic N) is 2.